The summed E-state index contributed by atoms with van der Waals surface area (Å²) in [4.78, 5) is 19.9. The molecular formula is C15H11N3O. The molecule has 0 aliphatic carbocycles. The van der Waals surface area contributed by atoms with Crippen LogP contribution in [0.15, 0.2) is 55.0 Å². The van der Waals surface area contributed by atoms with Crippen LogP contribution in [0.25, 0.3) is 22.0 Å². The summed E-state index contributed by atoms with van der Waals surface area (Å²) >= 11 is 0. The van der Waals surface area contributed by atoms with Crippen LogP contribution in [0.4, 0.5) is 0 Å². The van der Waals surface area contributed by atoms with Crippen LogP contribution >= 0.6 is 0 Å². The Morgan fingerprint density at radius 1 is 1.00 bits per heavy atom. The molecule has 2 N–H and O–H groups in total. The van der Waals surface area contributed by atoms with Gasteiger partial charge in [-0.1, -0.05) is 18.2 Å². The molecule has 3 rings (SSSR count). The van der Waals surface area contributed by atoms with Gasteiger partial charge in [0.25, 0.3) is 0 Å². The quantitative estimate of drug-likeness (QED) is 0.758. The Labute approximate surface area is 109 Å². The van der Waals surface area contributed by atoms with Gasteiger partial charge in [-0.05, 0) is 23.8 Å². The number of pyridine rings is 2. The molecule has 3 aromatic rings. The van der Waals surface area contributed by atoms with E-state index in [9.17, 15) is 4.79 Å². The Balaban J connectivity index is 2.34. The minimum absolute atomic E-state index is 0.460. The molecule has 0 aliphatic rings. The number of hydrogen-bond acceptors (Lipinski definition) is 3. The van der Waals surface area contributed by atoms with Crippen molar-refractivity contribution >= 4 is 16.8 Å². The van der Waals surface area contributed by atoms with Gasteiger partial charge in [0.2, 0.25) is 5.91 Å². The molecular weight excluding hydrogens is 238 g/mol. The molecule has 4 heteroatoms. The first-order valence-electron chi connectivity index (χ1n) is 5.85. The highest BCUT2D eigenvalue weighted by Crippen LogP contribution is 2.29. The van der Waals surface area contributed by atoms with Crippen LogP contribution in [0.3, 0.4) is 0 Å². The van der Waals surface area contributed by atoms with Crippen LogP contribution < -0.4 is 5.73 Å². The fraction of sp³-hybridized carbons (Fsp3) is 0. The van der Waals surface area contributed by atoms with E-state index in [1.165, 1.54) is 0 Å². The van der Waals surface area contributed by atoms with Crippen LogP contribution in [0.5, 0.6) is 0 Å². The number of nitrogens with zero attached hydrogens (tertiary/aromatic N) is 2. The zero-order valence-electron chi connectivity index (χ0n) is 10.1. The molecule has 0 spiro atoms. The maximum atomic E-state index is 11.5. The Bertz CT molecular complexity index is 763. The van der Waals surface area contributed by atoms with Crippen molar-refractivity contribution in [3.05, 3.63) is 60.6 Å². The molecule has 0 aliphatic heterocycles. The SMILES string of the molecule is NC(=O)c1ccncc1-c1ccnc2ccccc12. The molecule has 0 saturated carbocycles. The van der Waals surface area contributed by atoms with Crippen LogP contribution in [-0.2, 0) is 0 Å². The third kappa shape index (κ3) is 1.93. The van der Waals surface area contributed by atoms with Gasteiger partial charge < -0.3 is 5.73 Å². The molecule has 0 saturated heterocycles. The fourth-order valence-corrected chi connectivity index (χ4v) is 2.15. The summed E-state index contributed by atoms with van der Waals surface area (Å²) < 4.78 is 0. The topological polar surface area (TPSA) is 68.9 Å². The lowest BCUT2D eigenvalue weighted by Gasteiger charge is -2.08. The number of carbonyl (C=O) groups is 1. The van der Waals surface area contributed by atoms with Crippen molar-refractivity contribution in [2.45, 2.75) is 0 Å². The molecule has 2 heterocycles. The summed E-state index contributed by atoms with van der Waals surface area (Å²) in [5, 5.41) is 0.973. The van der Waals surface area contributed by atoms with Crippen LogP contribution in [0, 0.1) is 0 Å². The van der Waals surface area contributed by atoms with Crippen molar-refractivity contribution in [1.29, 1.82) is 0 Å². The van der Waals surface area contributed by atoms with E-state index < -0.39 is 5.91 Å². The minimum atomic E-state index is -0.460. The van der Waals surface area contributed by atoms with Gasteiger partial charge in [-0.2, -0.15) is 0 Å². The zero-order valence-corrected chi connectivity index (χ0v) is 10.1. The molecule has 0 radical (unpaired) electrons. The zero-order chi connectivity index (χ0) is 13.2. The molecule has 0 fully saturated rings. The molecule has 1 amide bonds. The van der Waals surface area contributed by atoms with Crippen molar-refractivity contribution in [3.8, 4) is 11.1 Å². The van der Waals surface area contributed by atoms with Gasteiger partial charge in [0.1, 0.15) is 0 Å². The van der Waals surface area contributed by atoms with Crippen molar-refractivity contribution < 1.29 is 4.79 Å². The number of nitrogens with two attached hydrogens (primary N) is 1. The smallest absolute Gasteiger partial charge is 0.249 e. The second kappa shape index (κ2) is 4.49. The molecule has 4 nitrogen and oxygen atoms in total. The summed E-state index contributed by atoms with van der Waals surface area (Å²) in [6.45, 7) is 0. The highest BCUT2D eigenvalue weighted by atomic mass is 16.1. The number of primary amides is 1. The van der Waals surface area contributed by atoms with E-state index in [2.05, 4.69) is 9.97 Å². The second-order valence-electron chi connectivity index (χ2n) is 4.16. The van der Waals surface area contributed by atoms with Gasteiger partial charge in [-0.15, -0.1) is 0 Å². The average molecular weight is 249 g/mol. The van der Waals surface area contributed by atoms with Gasteiger partial charge in [-0.25, -0.2) is 0 Å². The summed E-state index contributed by atoms with van der Waals surface area (Å²) in [6, 6.07) is 11.3. The van der Waals surface area contributed by atoms with Gasteiger partial charge in [0, 0.05) is 29.5 Å². The standard InChI is InChI=1S/C15H11N3O/c16-15(19)12-5-7-17-9-13(12)10-6-8-18-14-4-2-1-3-11(10)14/h1-9H,(H2,16,19). The molecule has 0 unspecified atom stereocenters. The first-order chi connectivity index (χ1) is 9.27. The normalized spacial score (nSPS) is 10.5. The van der Waals surface area contributed by atoms with Crippen LogP contribution in [0.2, 0.25) is 0 Å². The van der Waals surface area contributed by atoms with Crippen molar-refractivity contribution in [2.75, 3.05) is 0 Å². The Morgan fingerprint density at radius 3 is 2.68 bits per heavy atom. The highest BCUT2D eigenvalue weighted by molar-refractivity contribution is 6.04. The predicted molar refractivity (Wildman–Crippen MR) is 73.5 cm³/mol. The van der Waals surface area contributed by atoms with Gasteiger partial charge in [0.15, 0.2) is 0 Å². The molecule has 19 heavy (non-hydrogen) atoms. The number of rotatable bonds is 2. The molecule has 0 atom stereocenters. The number of benzene rings is 1. The molecule has 2 aromatic heterocycles. The number of hydrogen-bond donors (Lipinski definition) is 1. The summed E-state index contributed by atoms with van der Waals surface area (Å²) in [5.74, 6) is -0.460. The minimum Gasteiger partial charge on any atom is -0.366 e. The summed E-state index contributed by atoms with van der Waals surface area (Å²) in [7, 11) is 0. The van der Waals surface area contributed by atoms with E-state index in [-0.39, 0.29) is 0 Å². The number of amides is 1. The van der Waals surface area contributed by atoms with Crippen LogP contribution in [-0.4, -0.2) is 15.9 Å². The van der Waals surface area contributed by atoms with E-state index in [1.807, 2.05) is 30.3 Å². The predicted octanol–water partition coefficient (Wildman–Crippen LogP) is 2.40. The summed E-state index contributed by atoms with van der Waals surface area (Å²) in [6.07, 6.45) is 4.93. The van der Waals surface area contributed by atoms with E-state index >= 15 is 0 Å². The maximum Gasteiger partial charge on any atom is 0.249 e. The van der Waals surface area contributed by atoms with Gasteiger partial charge in [0.05, 0.1) is 11.1 Å². The molecule has 0 bridgehead atoms. The lowest BCUT2D eigenvalue weighted by atomic mass is 9.98. The van der Waals surface area contributed by atoms with Crippen molar-refractivity contribution in [2.24, 2.45) is 5.73 Å². The first kappa shape index (κ1) is 11.3. The van der Waals surface area contributed by atoms with Gasteiger partial charge in [-0.3, -0.25) is 14.8 Å². The average Bonchev–Trinajstić information content (AvgIpc) is 2.46. The number of carbonyl (C=O) groups excluding carboxylic acids is 1. The van der Waals surface area contributed by atoms with E-state index in [4.69, 9.17) is 5.73 Å². The largest absolute Gasteiger partial charge is 0.366 e. The maximum absolute atomic E-state index is 11.5. The highest BCUT2D eigenvalue weighted by Gasteiger charge is 2.12. The second-order valence-corrected chi connectivity index (χ2v) is 4.16. The third-order valence-electron chi connectivity index (χ3n) is 3.03. The van der Waals surface area contributed by atoms with Crippen LogP contribution in [0.1, 0.15) is 10.4 Å². The van der Waals surface area contributed by atoms with Crippen molar-refractivity contribution in [1.82, 2.24) is 9.97 Å². The van der Waals surface area contributed by atoms with E-state index in [1.54, 1.807) is 24.7 Å². The Kier molecular flexibility index (Phi) is 2.68. The molecule has 1 aromatic carbocycles. The monoisotopic (exact) mass is 249 g/mol. The number of fused-ring (bicyclic) bond motifs is 1. The number of aromatic nitrogens is 2. The number of para-hydroxylation sites is 1. The Hall–Kier alpha value is -2.75. The van der Waals surface area contributed by atoms with Gasteiger partial charge >= 0.3 is 0 Å². The van der Waals surface area contributed by atoms with Crippen molar-refractivity contribution in [3.63, 3.8) is 0 Å². The first-order valence-corrected chi connectivity index (χ1v) is 5.85. The lowest BCUT2D eigenvalue weighted by Crippen LogP contribution is -2.12. The fourth-order valence-electron chi connectivity index (χ4n) is 2.15. The van der Waals surface area contributed by atoms with E-state index in [0.29, 0.717) is 5.56 Å². The van der Waals surface area contributed by atoms with E-state index in [0.717, 1.165) is 22.0 Å². The third-order valence-corrected chi connectivity index (χ3v) is 3.03. The lowest BCUT2D eigenvalue weighted by molar-refractivity contribution is 0.100. The Morgan fingerprint density at radius 2 is 1.84 bits per heavy atom. The summed E-state index contributed by atoms with van der Waals surface area (Å²) in [5.41, 5.74) is 8.39. The molecule has 92 valence electrons.